The summed E-state index contributed by atoms with van der Waals surface area (Å²) < 4.78 is 4.49. The van der Waals surface area contributed by atoms with Gasteiger partial charge in [0, 0.05) is 31.3 Å². The van der Waals surface area contributed by atoms with Crippen molar-refractivity contribution in [2.24, 2.45) is 5.92 Å². The summed E-state index contributed by atoms with van der Waals surface area (Å²) in [5.74, 6) is -0.711. The van der Waals surface area contributed by atoms with E-state index in [1.54, 1.807) is 42.2 Å². The van der Waals surface area contributed by atoms with Crippen molar-refractivity contribution in [2.45, 2.75) is 26.2 Å². The van der Waals surface area contributed by atoms with Crippen molar-refractivity contribution in [3.05, 3.63) is 48.6 Å². The Morgan fingerprint density at radius 1 is 1.31 bits per heavy atom. The molecule has 1 rings (SSSR count). The van der Waals surface area contributed by atoms with Crippen LogP contribution >= 0.6 is 0 Å². The minimum Gasteiger partial charge on any atom is -0.466 e. The van der Waals surface area contributed by atoms with Gasteiger partial charge in [0.25, 0.3) is 0 Å². The highest BCUT2D eigenvalue weighted by Gasteiger charge is 2.28. The number of rotatable bonds is 8. The van der Waals surface area contributed by atoms with Crippen molar-refractivity contribution in [2.75, 3.05) is 26.7 Å². The number of hydrogen-bond donors (Lipinski definition) is 1. The van der Waals surface area contributed by atoms with Crippen LogP contribution in [0, 0.1) is 5.92 Å². The van der Waals surface area contributed by atoms with Crippen LogP contribution in [-0.4, -0.2) is 49.4 Å². The van der Waals surface area contributed by atoms with Crippen LogP contribution in [0.15, 0.2) is 48.6 Å². The number of piperidine rings is 1. The Hall–Kier alpha value is -2.63. The molecule has 6 nitrogen and oxygen atoms in total. The molecular weight excluding hydrogens is 332 g/mol. The zero-order valence-electron chi connectivity index (χ0n) is 15.6. The molecule has 1 heterocycles. The lowest BCUT2D eigenvalue weighted by molar-refractivity contribution is -0.135. The average Bonchev–Trinajstić information content (AvgIpc) is 2.66. The number of likely N-dealkylation sites (tertiary alicyclic amines) is 1. The van der Waals surface area contributed by atoms with Crippen LogP contribution in [0.2, 0.25) is 0 Å². The van der Waals surface area contributed by atoms with Crippen LogP contribution in [0.1, 0.15) is 26.2 Å². The van der Waals surface area contributed by atoms with Crippen molar-refractivity contribution in [3.8, 4) is 0 Å². The largest absolute Gasteiger partial charge is 0.466 e. The third kappa shape index (κ3) is 7.51. The van der Waals surface area contributed by atoms with Crippen molar-refractivity contribution in [1.29, 1.82) is 0 Å². The topological polar surface area (TPSA) is 75.7 Å². The normalized spacial score (nSPS) is 18.2. The number of carbonyl (C=O) groups is 3. The SMILES string of the molecule is C=C/C=C\C=C(/C)C(=O)N1CCC[C@H](C(=O)NCC/C=C/C(=O)OC)C1. The molecule has 1 fully saturated rings. The Bertz CT molecular complexity index is 605. The molecule has 0 spiro atoms. The Morgan fingerprint density at radius 3 is 2.77 bits per heavy atom. The van der Waals surface area contributed by atoms with E-state index in [2.05, 4.69) is 16.6 Å². The summed E-state index contributed by atoms with van der Waals surface area (Å²) in [6.07, 6.45) is 12.1. The predicted octanol–water partition coefficient (Wildman–Crippen LogP) is 2.15. The third-order valence-electron chi connectivity index (χ3n) is 4.08. The number of nitrogens with one attached hydrogen (secondary N) is 1. The molecule has 0 bridgehead atoms. The highest BCUT2D eigenvalue weighted by atomic mass is 16.5. The molecule has 2 amide bonds. The van der Waals surface area contributed by atoms with Crippen LogP contribution in [-0.2, 0) is 19.1 Å². The average molecular weight is 360 g/mol. The third-order valence-corrected chi connectivity index (χ3v) is 4.08. The standard InChI is InChI=1S/C20H28N2O4/c1-4-5-6-10-16(2)20(25)22-14-9-11-17(15-22)19(24)21-13-8-7-12-18(23)26-3/h4-7,10,12,17H,1,8-9,11,13-15H2,2-3H3,(H,21,24)/b6-5-,12-7+,16-10+/t17-/m0/s1. The Balaban J connectivity index is 2.47. The molecule has 142 valence electrons. The van der Waals surface area contributed by atoms with Gasteiger partial charge in [0.1, 0.15) is 0 Å². The van der Waals surface area contributed by atoms with Gasteiger partial charge in [-0.25, -0.2) is 4.79 Å². The lowest BCUT2D eigenvalue weighted by Crippen LogP contribution is -2.45. The molecule has 6 heteroatoms. The number of hydrogen-bond acceptors (Lipinski definition) is 4. The smallest absolute Gasteiger partial charge is 0.330 e. The van der Waals surface area contributed by atoms with Crippen molar-refractivity contribution >= 4 is 17.8 Å². The highest BCUT2D eigenvalue weighted by Crippen LogP contribution is 2.18. The maximum atomic E-state index is 12.5. The molecule has 0 saturated carbocycles. The first-order valence-electron chi connectivity index (χ1n) is 8.77. The highest BCUT2D eigenvalue weighted by molar-refractivity contribution is 5.93. The first-order valence-corrected chi connectivity index (χ1v) is 8.77. The number of amides is 2. The number of allylic oxidation sites excluding steroid dienone is 4. The molecule has 1 saturated heterocycles. The van der Waals surface area contributed by atoms with E-state index in [1.807, 2.05) is 0 Å². The summed E-state index contributed by atoms with van der Waals surface area (Å²) in [5, 5.41) is 2.86. The van der Waals surface area contributed by atoms with E-state index in [0.29, 0.717) is 31.6 Å². The molecular formula is C20H28N2O4. The summed E-state index contributed by atoms with van der Waals surface area (Å²) in [7, 11) is 1.32. The first kappa shape index (κ1) is 21.4. The molecule has 1 atom stereocenters. The molecule has 0 radical (unpaired) electrons. The molecule has 0 aromatic heterocycles. The van der Waals surface area contributed by atoms with Crippen molar-refractivity contribution < 1.29 is 19.1 Å². The molecule has 26 heavy (non-hydrogen) atoms. The zero-order valence-corrected chi connectivity index (χ0v) is 15.6. The number of methoxy groups -OCH3 is 1. The molecule has 1 aliphatic rings. The minimum absolute atomic E-state index is 0.0442. The quantitative estimate of drug-likeness (QED) is 0.311. The van der Waals surface area contributed by atoms with Gasteiger partial charge in [-0.05, 0) is 26.2 Å². The van der Waals surface area contributed by atoms with Gasteiger partial charge in [0.05, 0.1) is 13.0 Å². The summed E-state index contributed by atoms with van der Waals surface area (Å²) in [6.45, 7) is 6.90. The van der Waals surface area contributed by atoms with Gasteiger partial charge in [-0.15, -0.1) is 0 Å². The minimum atomic E-state index is -0.413. The van der Waals surface area contributed by atoms with Gasteiger partial charge in [0.2, 0.25) is 11.8 Å². The maximum absolute atomic E-state index is 12.5. The Morgan fingerprint density at radius 2 is 2.08 bits per heavy atom. The second kappa shape index (κ2) is 11.8. The van der Waals surface area contributed by atoms with Gasteiger partial charge in [-0.3, -0.25) is 9.59 Å². The van der Waals surface area contributed by atoms with Crippen LogP contribution in [0.25, 0.3) is 0 Å². The fraction of sp³-hybridized carbons (Fsp3) is 0.450. The van der Waals surface area contributed by atoms with E-state index < -0.39 is 5.97 Å². The second-order valence-electron chi connectivity index (χ2n) is 6.07. The van der Waals surface area contributed by atoms with Crippen molar-refractivity contribution in [3.63, 3.8) is 0 Å². The number of esters is 1. The van der Waals surface area contributed by atoms with Crippen LogP contribution in [0.3, 0.4) is 0 Å². The lowest BCUT2D eigenvalue weighted by Gasteiger charge is -2.32. The maximum Gasteiger partial charge on any atom is 0.330 e. The molecule has 1 N–H and O–H groups in total. The second-order valence-corrected chi connectivity index (χ2v) is 6.07. The van der Waals surface area contributed by atoms with E-state index >= 15 is 0 Å². The van der Waals surface area contributed by atoms with Gasteiger partial charge in [-0.2, -0.15) is 0 Å². The number of carbonyl (C=O) groups excluding carboxylic acids is 3. The summed E-state index contributed by atoms with van der Waals surface area (Å²) in [5.41, 5.74) is 0.636. The fourth-order valence-corrected chi connectivity index (χ4v) is 2.65. The van der Waals surface area contributed by atoms with Crippen LogP contribution in [0.4, 0.5) is 0 Å². The number of nitrogens with zero attached hydrogens (tertiary/aromatic N) is 1. The van der Waals surface area contributed by atoms with Gasteiger partial charge >= 0.3 is 5.97 Å². The van der Waals surface area contributed by atoms with Gasteiger partial charge in [-0.1, -0.05) is 37.0 Å². The zero-order chi connectivity index (χ0) is 19.4. The Labute approximate surface area is 155 Å². The predicted molar refractivity (Wildman–Crippen MR) is 101 cm³/mol. The fourth-order valence-electron chi connectivity index (χ4n) is 2.65. The molecule has 0 aliphatic carbocycles. The first-order chi connectivity index (χ1) is 12.5. The van der Waals surface area contributed by atoms with Crippen LogP contribution < -0.4 is 5.32 Å². The van der Waals surface area contributed by atoms with Crippen LogP contribution in [0.5, 0.6) is 0 Å². The number of ether oxygens (including phenoxy) is 1. The Kier molecular flexibility index (Phi) is 9.75. The van der Waals surface area contributed by atoms with Gasteiger partial charge in [0.15, 0.2) is 0 Å². The van der Waals surface area contributed by atoms with E-state index in [0.717, 1.165) is 12.8 Å². The lowest BCUT2D eigenvalue weighted by atomic mass is 9.96. The molecule has 0 aromatic rings. The van der Waals surface area contributed by atoms with E-state index in [1.165, 1.54) is 13.2 Å². The van der Waals surface area contributed by atoms with Crippen molar-refractivity contribution in [1.82, 2.24) is 10.2 Å². The van der Waals surface area contributed by atoms with Gasteiger partial charge < -0.3 is 15.0 Å². The summed E-state index contributed by atoms with van der Waals surface area (Å²) >= 11 is 0. The van der Waals surface area contributed by atoms with E-state index in [-0.39, 0.29) is 17.7 Å². The monoisotopic (exact) mass is 360 g/mol. The van der Waals surface area contributed by atoms with E-state index in [4.69, 9.17) is 0 Å². The summed E-state index contributed by atoms with van der Waals surface area (Å²) in [6, 6.07) is 0. The molecule has 0 unspecified atom stereocenters. The van der Waals surface area contributed by atoms with E-state index in [9.17, 15) is 14.4 Å². The molecule has 0 aromatic carbocycles. The molecule has 1 aliphatic heterocycles. The summed E-state index contributed by atoms with van der Waals surface area (Å²) in [4.78, 5) is 37.4.